The number of nitrogens with one attached hydrogen (secondary N) is 1. The molecule has 0 heterocycles. The Morgan fingerprint density at radius 3 is 1.94 bits per heavy atom. The van der Waals surface area contributed by atoms with Crippen LogP contribution in [0.2, 0.25) is 0 Å². The molecule has 0 unspecified atom stereocenters. The third-order valence-corrected chi connectivity index (χ3v) is 2.53. The maximum absolute atomic E-state index is 11.7. The highest BCUT2D eigenvalue weighted by atomic mass is 79.9. The summed E-state index contributed by atoms with van der Waals surface area (Å²) in [6.45, 7) is 11.0. The van der Waals surface area contributed by atoms with Crippen LogP contribution >= 0.6 is 15.9 Å². The summed E-state index contributed by atoms with van der Waals surface area (Å²) in [4.78, 5) is 23.4. The molecular formula is C12H22BrNO3. The first-order chi connectivity index (χ1) is 7.47. The van der Waals surface area contributed by atoms with Crippen LogP contribution in [0.5, 0.6) is 0 Å². The van der Waals surface area contributed by atoms with Crippen molar-refractivity contribution in [3.8, 4) is 0 Å². The molecular weight excluding hydrogens is 286 g/mol. The van der Waals surface area contributed by atoms with Gasteiger partial charge in [0.25, 0.3) is 0 Å². The van der Waals surface area contributed by atoms with Gasteiger partial charge < -0.3 is 10.1 Å². The van der Waals surface area contributed by atoms with E-state index in [0.29, 0.717) is 0 Å². The zero-order chi connectivity index (χ0) is 13.9. The number of Topliss-reactive ketones (excluding diaryl/α,β-unsaturated/α-hetero) is 1. The van der Waals surface area contributed by atoms with E-state index >= 15 is 0 Å². The van der Waals surface area contributed by atoms with E-state index in [1.54, 1.807) is 20.8 Å². The summed E-state index contributed by atoms with van der Waals surface area (Å²) in [5.41, 5.74) is -0.911. The number of hydrogen-bond donors (Lipinski definition) is 1. The van der Waals surface area contributed by atoms with E-state index in [-0.39, 0.29) is 16.5 Å². The molecule has 0 aliphatic rings. The van der Waals surface area contributed by atoms with Crippen molar-refractivity contribution in [1.29, 1.82) is 0 Å². The van der Waals surface area contributed by atoms with E-state index in [2.05, 4.69) is 21.2 Å². The number of ether oxygens (including phenoxy) is 1. The standard InChI is InChI=1S/C12H22BrNO3/c1-11(2,3)9(8(15)7-13)14-10(16)17-12(4,5)6/h9H,7H2,1-6H3,(H,14,16)/t9-/m0/s1. The molecule has 1 N–H and O–H groups in total. The van der Waals surface area contributed by atoms with Crippen molar-refractivity contribution in [1.82, 2.24) is 5.32 Å². The van der Waals surface area contributed by atoms with Crippen molar-refractivity contribution >= 4 is 27.8 Å². The molecule has 1 atom stereocenters. The van der Waals surface area contributed by atoms with Crippen molar-refractivity contribution in [2.24, 2.45) is 5.41 Å². The van der Waals surface area contributed by atoms with Gasteiger partial charge in [-0.25, -0.2) is 4.79 Å². The fourth-order valence-electron chi connectivity index (χ4n) is 1.28. The molecule has 0 aromatic rings. The number of alkyl halides is 1. The third-order valence-electron chi connectivity index (χ3n) is 1.98. The Balaban J connectivity index is 4.67. The molecule has 0 rings (SSSR count). The topological polar surface area (TPSA) is 55.4 Å². The van der Waals surface area contributed by atoms with Gasteiger partial charge >= 0.3 is 6.09 Å². The van der Waals surface area contributed by atoms with Crippen LogP contribution in [0.15, 0.2) is 0 Å². The smallest absolute Gasteiger partial charge is 0.408 e. The largest absolute Gasteiger partial charge is 0.444 e. The Labute approximate surface area is 112 Å². The maximum atomic E-state index is 11.7. The van der Waals surface area contributed by atoms with E-state index in [1.807, 2.05) is 20.8 Å². The monoisotopic (exact) mass is 307 g/mol. The predicted octanol–water partition coefficient (Wildman–Crippen LogP) is 2.89. The van der Waals surface area contributed by atoms with Crippen molar-refractivity contribution in [3.05, 3.63) is 0 Å². The highest BCUT2D eigenvalue weighted by Crippen LogP contribution is 2.21. The molecule has 100 valence electrons. The lowest BCUT2D eigenvalue weighted by atomic mass is 9.84. The first kappa shape index (κ1) is 16.4. The van der Waals surface area contributed by atoms with Crippen molar-refractivity contribution in [2.45, 2.75) is 53.2 Å². The van der Waals surface area contributed by atoms with Gasteiger partial charge in [0, 0.05) is 0 Å². The van der Waals surface area contributed by atoms with Crippen molar-refractivity contribution < 1.29 is 14.3 Å². The lowest BCUT2D eigenvalue weighted by Gasteiger charge is -2.30. The van der Waals surface area contributed by atoms with Crippen LogP contribution in [0.25, 0.3) is 0 Å². The number of hydrogen-bond acceptors (Lipinski definition) is 3. The zero-order valence-corrected chi connectivity index (χ0v) is 13.0. The Morgan fingerprint density at radius 1 is 1.18 bits per heavy atom. The summed E-state index contributed by atoms with van der Waals surface area (Å²) in [7, 11) is 0. The number of carbonyl (C=O) groups excluding carboxylic acids is 2. The van der Waals surface area contributed by atoms with Crippen LogP contribution in [0.1, 0.15) is 41.5 Å². The minimum absolute atomic E-state index is 0.0663. The lowest BCUT2D eigenvalue weighted by molar-refractivity contribution is -0.120. The molecule has 0 aromatic heterocycles. The Bertz CT molecular complexity index is 289. The zero-order valence-electron chi connectivity index (χ0n) is 11.4. The molecule has 4 nitrogen and oxygen atoms in total. The molecule has 0 spiro atoms. The Morgan fingerprint density at radius 2 is 1.65 bits per heavy atom. The maximum Gasteiger partial charge on any atom is 0.408 e. The molecule has 0 aromatic carbocycles. The first-order valence-electron chi connectivity index (χ1n) is 5.55. The summed E-state index contributed by atoms with van der Waals surface area (Å²) in [5, 5.41) is 2.84. The number of amides is 1. The average molecular weight is 308 g/mol. The van der Waals surface area contributed by atoms with Crippen LogP contribution < -0.4 is 5.32 Å². The van der Waals surface area contributed by atoms with Gasteiger partial charge in [-0.1, -0.05) is 36.7 Å². The van der Waals surface area contributed by atoms with E-state index in [4.69, 9.17) is 4.74 Å². The Hall–Kier alpha value is -0.580. The highest BCUT2D eigenvalue weighted by Gasteiger charge is 2.33. The molecule has 0 saturated carbocycles. The van der Waals surface area contributed by atoms with Gasteiger partial charge in [0.15, 0.2) is 5.78 Å². The van der Waals surface area contributed by atoms with Crippen LogP contribution in [0, 0.1) is 5.41 Å². The van der Waals surface area contributed by atoms with Gasteiger partial charge in [-0.2, -0.15) is 0 Å². The van der Waals surface area contributed by atoms with Crippen LogP contribution in [-0.4, -0.2) is 28.8 Å². The number of alkyl carbamates (subject to hydrolysis) is 1. The summed E-state index contributed by atoms with van der Waals surface area (Å²) >= 11 is 3.12. The second kappa shape index (κ2) is 5.85. The van der Waals surface area contributed by atoms with Crippen molar-refractivity contribution in [2.75, 3.05) is 5.33 Å². The van der Waals surface area contributed by atoms with Gasteiger partial charge in [-0.05, 0) is 26.2 Å². The van der Waals surface area contributed by atoms with E-state index in [9.17, 15) is 9.59 Å². The molecule has 0 aliphatic heterocycles. The van der Waals surface area contributed by atoms with Gasteiger partial charge in [0.2, 0.25) is 0 Å². The van der Waals surface area contributed by atoms with Crippen LogP contribution in [0.4, 0.5) is 4.79 Å². The minimum atomic E-state index is -0.566. The summed E-state index contributed by atoms with van der Waals surface area (Å²) in [6.07, 6.45) is -0.563. The lowest BCUT2D eigenvalue weighted by Crippen LogP contribution is -2.50. The number of carbonyl (C=O) groups is 2. The summed E-state index contributed by atoms with van der Waals surface area (Å²) < 4.78 is 5.14. The second-order valence-corrected chi connectivity index (χ2v) is 6.61. The summed E-state index contributed by atoms with van der Waals surface area (Å²) in [5.74, 6) is -0.0663. The van der Waals surface area contributed by atoms with E-state index in [0.717, 1.165) is 0 Å². The molecule has 0 aliphatic carbocycles. The molecule has 1 amide bonds. The fraction of sp³-hybridized carbons (Fsp3) is 0.833. The summed E-state index contributed by atoms with van der Waals surface area (Å²) in [6, 6.07) is -0.559. The fourth-order valence-corrected chi connectivity index (χ4v) is 1.61. The SMILES string of the molecule is CC(C)(C)OC(=O)N[C@@H](C(=O)CBr)C(C)(C)C. The number of halogens is 1. The minimum Gasteiger partial charge on any atom is -0.444 e. The van der Waals surface area contributed by atoms with Gasteiger partial charge in [-0.3, -0.25) is 4.79 Å². The van der Waals surface area contributed by atoms with E-state index in [1.165, 1.54) is 0 Å². The Kier molecular flexibility index (Phi) is 5.65. The van der Waals surface area contributed by atoms with Gasteiger partial charge in [0.1, 0.15) is 5.60 Å². The normalized spacial score (nSPS) is 14.1. The second-order valence-electron chi connectivity index (χ2n) is 6.05. The predicted molar refractivity (Wildman–Crippen MR) is 71.4 cm³/mol. The van der Waals surface area contributed by atoms with Gasteiger partial charge in [0.05, 0.1) is 11.4 Å². The highest BCUT2D eigenvalue weighted by molar-refractivity contribution is 9.09. The number of rotatable bonds is 3. The molecule has 5 heteroatoms. The number of ketones is 1. The molecule has 17 heavy (non-hydrogen) atoms. The molecule has 0 radical (unpaired) electrons. The van der Waals surface area contributed by atoms with Gasteiger partial charge in [-0.15, -0.1) is 0 Å². The van der Waals surface area contributed by atoms with Crippen LogP contribution in [0.3, 0.4) is 0 Å². The molecule has 0 fully saturated rings. The third kappa shape index (κ3) is 6.66. The quantitative estimate of drug-likeness (QED) is 0.816. The molecule has 0 saturated heterocycles. The van der Waals surface area contributed by atoms with E-state index < -0.39 is 17.7 Å². The molecule has 0 bridgehead atoms. The van der Waals surface area contributed by atoms with Crippen molar-refractivity contribution in [3.63, 3.8) is 0 Å². The average Bonchev–Trinajstić information content (AvgIpc) is 2.08. The van der Waals surface area contributed by atoms with Crippen LogP contribution in [-0.2, 0) is 9.53 Å². The first-order valence-corrected chi connectivity index (χ1v) is 6.67.